The molecule has 4 rings (SSSR count). The van der Waals surface area contributed by atoms with Gasteiger partial charge in [-0.2, -0.15) is 11.3 Å². The van der Waals surface area contributed by atoms with Gasteiger partial charge in [0, 0.05) is 17.4 Å². The number of carbonyl (C=O) groups is 1. The summed E-state index contributed by atoms with van der Waals surface area (Å²) in [6, 6.07) is 5.33. The van der Waals surface area contributed by atoms with E-state index in [0.29, 0.717) is 34.7 Å². The molecule has 134 valence electrons. The minimum Gasteiger partial charge on any atom is -0.461 e. The van der Waals surface area contributed by atoms with Crippen LogP contribution in [0.4, 0.5) is 0 Å². The topological polar surface area (TPSA) is 83.7 Å². The molecule has 2 aromatic heterocycles. The Balaban J connectivity index is 1.29. The fraction of sp³-hybridized carbons (Fsp3) is 0.235. The molecule has 1 aliphatic rings. The summed E-state index contributed by atoms with van der Waals surface area (Å²) in [5.74, 6) is 1.54. The van der Waals surface area contributed by atoms with Crippen LogP contribution in [0, 0.1) is 0 Å². The summed E-state index contributed by atoms with van der Waals surface area (Å²) in [6.07, 6.45) is 0.460. The second-order valence-corrected chi connectivity index (χ2v) is 6.67. The Bertz CT molecular complexity index is 925. The first-order chi connectivity index (χ1) is 12.7. The van der Waals surface area contributed by atoms with Crippen LogP contribution in [0.15, 0.2) is 33.4 Å². The fourth-order valence-corrected chi connectivity index (χ4v) is 3.32. The maximum atomic E-state index is 11.9. The van der Waals surface area contributed by atoms with Crippen molar-refractivity contribution in [2.45, 2.75) is 19.4 Å². The standard InChI is InChI=1S/C17H13ClN2O5S/c18-12-5-10(6-13-16(12)24-9-23-13)7-22-15(21)2-1-14-19-20-17(25-14)11-3-4-26-8-11/h3-6,8H,1-2,7,9H2. The molecule has 0 bridgehead atoms. The van der Waals surface area contributed by atoms with Crippen molar-refractivity contribution in [2.24, 2.45) is 0 Å². The third-order valence-corrected chi connectivity index (χ3v) is 4.63. The van der Waals surface area contributed by atoms with Gasteiger partial charge in [-0.3, -0.25) is 4.79 Å². The summed E-state index contributed by atoms with van der Waals surface area (Å²) in [4.78, 5) is 11.9. The average molecular weight is 393 g/mol. The van der Waals surface area contributed by atoms with Gasteiger partial charge in [0.1, 0.15) is 6.61 Å². The van der Waals surface area contributed by atoms with E-state index in [0.717, 1.165) is 11.1 Å². The molecule has 0 saturated carbocycles. The first-order valence-electron chi connectivity index (χ1n) is 7.77. The van der Waals surface area contributed by atoms with Crippen LogP contribution < -0.4 is 9.47 Å². The quantitative estimate of drug-likeness (QED) is 0.589. The Morgan fingerprint density at radius 3 is 3.08 bits per heavy atom. The molecular formula is C17H13ClN2O5S. The van der Waals surface area contributed by atoms with Gasteiger partial charge < -0.3 is 18.6 Å². The molecule has 3 heterocycles. The minimum absolute atomic E-state index is 0.0964. The Kier molecular flexibility index (Phi) is 4.77. The predicted molar refractivity (Wildman–Crippen MR) is 93.3 cm³/mol. The smallest absolute Gasteiger partial charge is 0.306 e. The summed E-state index contributed by atoms with van der Waals surface area (Å²) >= 11 is 7.65. The molecule has 7 nitrogen and oxygen atoms in total. The monoisotopic (exact) mass is 392 g/mol. The van der Waals surface area contributed by atoms with Gasteiger partial charge >= 0.3 is 5.97 Å². The molecule has 9 heteroatoms. The molecule has 3 aromatic rings. The van der Waals surface area contributed by atoms with Crippen molar-refractivity contribution in [3.05, 3.63) is 45.4 Å². The van der Waals surface area contributed by atoms with Crippen LogP contribution >= 0.6 is 22.9 Å². The molecule has 0 atom stereocenters. The third-order valence-electron chi connectivity index (χ3n) is 3.66. The van der Waals surface area contributed by atoms with E-state index >= 15 is 0 Å². The number of ether oxygens (including phenoxy) is 3. The van der Waals surface area contributed by atoms with Crippen LogP contribution in [0.2, 0.25) is 5.02 Å². The Labute approximate surface area is 157 Å². The molecule has 0 spiro atoms. The second kappa shape index (κ2) is 7.35. The first-order valence-corrected chi connectivity index (χ1v) is 9.10. The normalized spacial score (nSPS) is 12.3. The van der Waals surface area contributed by atoms with E-state index in [-0.39, 0.29) is 25.8 Å². The number of rotatable bonds is 6. The first kappa shape index (κ1) is 16.9. The van der Waals surface area contributed by atoms with E-state index in [1.807, 2.05) is 16.8 Å². The average Bonchev–Trinajstić information content (AvgIpc) is 3.38. The summed E-state index contributed by atoms with van der Waals surface area (Å²) in [7, 11) is 0. The van der Waals surface area contributed by atoms with Gasteiger partial charge in [0.2, 0.25) is 18.6 Å². The van der Waals surface area contributed by atoms with Crippen molar-refractivity contribution in [1.29, 1.82) is 0 Å². The maximum Gasteiger partial charge on any atom is 0.306 e. The van der Waals surface area contributed by atoms with E-state index in [4.69, 9.17) is 30.2 Å². The van der Waals surface area contributed by atoms with Crippen molar-refractivity contribution >= 4 is 28.9 Å². The minimum atomic E-state index is -0.367. The van der Waals surface area contributed by atoms with Crippen LogP contribution in [-0.4, -0.2) is 23.0 Å². The van der Waals surface area contributed by atoms with Gasteiger partial charge in [-0.1, -0.05) is 11.6 Å². The molecule has 0 amide bonds. The van der Waals surface area contributed by atoms with Gasteiger partial charge in [0.05, 0.1) is 11.4 Å². The number of esters is 1. The number of fused-ring (bicyclic) bond motifs is 1. The number of nitrogens with zero attached hydrogens (tertiary/aromatic N) is 2. The maximum absolute atomic E-state index is 11.9. The predicted octanol–water partition coefficient (Wildman–Crippen LogP) is 3.86. The zero-order valence-corrected chi connectivity index (χ0v) is 15.0. The van der Waals surface area contributed by atoms with E-state index in [1.165, 1.54) is 0 Å². The summed E-state index contributed by atoms with van der Waals surface area (Å²) in [5, 5.41) is 12.2. The molecule has 0 radical (unpaired) electrons. The zero-order valence-electron chi connectivity index (χ0n) is 13.4. The van der Waals surface area contributed by atoms with E-state index in [9.17, 15) is 4.79 Å². The zero-order chi connectivity index (χ0) is 17.9. The highest BCUT2D eigenvalue weighted by Gasteiger charge is 2.19. The second-order valence-electron chi connectivity index (χ2n) is 5.49. The Morgan fingerprint density at radius 2 is 2.23 bits per heavy atom. The third kappa shape index (κ3) is 3.66. The Morgan fingerprint density at radius 1 is 1.31 bits per heavy atom. The summed E-state index contributed by atoms with van der Waals surface area (Å²) < 4.78 is 21.3. The lowest BCUT2D eigenvalue weighted by molar-refractivity contribution is -0.145. The molecule has 26 heavy (non-hydrogen) atoms. The SMILES string of the molecule is O=C(CCc1nnc(-c2ccsc2)o1)OCc1cc(Cl)c2c(c1)OCO2. The highest BCUT2D eigenvalue weighted by atomic mass is 35.5. The number of thiophene rings is 1. The number of carbonyl (C=O) groups excluding carboxylic acids is 1. The van der Waals surface area contributed by atoms with Crippen molar-refractivity contribution in [3.63, 3.8) is 0 Å². The number of halogens is 1. The van der Waals surface area contributed by atoms with Gasteiger partial charge in [0.25, 0.3) is 0 Å². The molecule has 1 aliphatic heterocycles. The number of benzene rings is 1. The van der Waals surface area contributed by atoms with E-state index < -0.39 is 0 Å². The number of aryl methyl sites for hydroxylation is 1. The highest BCUT2D eigenvalue weighted by molar-refractivity contribution is 7.08. The van der Waals surface area contributed by atoms with E-state index in [1.54, 1.807) is 23.5 Å². The highest BCUT2D eigenvalue weighted by Crippen LogP contribution is 2.39. The van der Waals surface area contributed by atoms with Crippen molar-refractivity contribution in [3.8, 4) is 23.0 Å². The van der Waals surface area contributed by atoms with Gasteiger partial charge in [-0.05, 0) is 29.1 Å². The van der Waals surface area contributed by atoms with E-state index in [2.05, 4.69) is 10.2 Å². The van der Waals surface area contributed by atoms with Gasteiger partial charge in [0.15, 0.2) is 11.5 Å². The number of hydrogen-bond acceptors (Lipinski definition) is 8. The van der Waals surface area contributed by atoms with Crippen LogP contribution in [-0.2, 0) is 22.6 Å². The molecular weight excluding hydrogens is 380 g/mol. The van der Waals surface area contributed by atoms with Gasteiger partial charge in [-0.15, -0.1) is 10.2 Å². The fourth-order valence-electron chi connectivity index (χ4n) is 2.41. The summed E-state index contributed by atoms with van der Waals surface area (Å²) in [5.41, 5.74) is 1.60. The molecule has 1 aromatic carbocycles. The molecule has 0 unspecified atom stereocenters. The van der Waals surface area contributed by atoms with Crippen LogP contribution in [0.1, 0.15) is 17.9 Å². The molecule has 0 aliphatic carbocycles. The van der Waals surface area contributed by atoms with Crippen LogP contribution in [0.3, 0.4) is 0 Å². The van der Waals surface area contributed by atoms with Crippen molar-refractivity contribution in [1.82, 2.24) is 10.2 Å². The summed E-state index contributed by atoms with van der Waals surface area (Å²) in [6.45, 7) is 0.231. The number of hydrogen-bond donors (Lipinski definition) is 0. The lowest BCUT2D eigenvalue weighted by Crippen LogP contribution is -2.06. The lowest BCUT2D eigenvalue weighted by atomic mass is 10.2. The van der Waals surface area contributed by atoms with Crippen LogP contribution in [0.5, 0.6) is 11.5 Å². The Hall–Kier alpha value is -2.58. The molecule has 0 fully saturated rings. The van der Waals surface area contributed by atoms with Crippen LogP contribution in [0.25, 0.3) is 11.5 Å². The molecule has 0 N–H and O–H groups in total. The largest absolute Gasteiger partial charge is 0.461 e. The van der Waals surface area contributed by atoms with Gasteiger partial charge in [-0.25, -0.2) is 0 Å². The molecule has 0 saturated heterocycles. The van der Waals surface area contributed by atoms with Crippen molar-refractivity contribution in [2.75, 3.05) is 6.79 Å². The lowest BCUT2D eigenvalue weighted by Gasteiger charge is -2.06. The number of aromatic nitrogens is 2. The van der Waals surface area contributed by atoms with Crippen molar-refractivity contribution < 1.29 is 23.4 Å².